The Morgan fingerprint density at radius 3 is 2.47 bits per heavy atom. The van der Waals surface area contributed by atoms with Crippen LogP contribution in [0.15, 0.2) is 72.8 Å². The van der Waals surface area contributed by atoms with Gasteiger partial charge in [0.05, 0.1) is 12.6 Å². The van der Waals surface area contributed by atoms with Gasteiger partial charge >= 0.3 is 6.09 Å². The van der Waals surface area contributed by atoms with Crippen LogP contribution in [-0.2, 0) is 14.3 Å². The van der Waals surface area contributed by atoms with Crippen molar-refractivity contribution in [2.24, 2.45) is 0 Å². The third kappa shape index (κ3) is 4.41. The number of imide groups is 1. The Morgan fingerprint density at radius 2 is 1.73 bits per heavy atom. The van der Waals surface area contributed by atoms with E-state index in [2.05, 4.69) is 5.32 Å². The summed E-state index contributed by atoms with van der Waals surface area (Å²) in [6.45, 7) is -0.483. The summed E-state index contributed by atoms with van der Waals surface area (Å²) in [5, 5.41) is 4.94. The third-order valence-electron chi connectivity index (χ3n) is 4.83. The van der Waals surface area contributed by atoms with E-state index in [1.54, 1.807) is 0 Å². The lowest BCUT2D eigenvalue weighted by Gasteiger charge is -2.23. The van der Waals surface area contributed by atoms with Gasteiger partial charge in [0.25, 0.3) is 11.8 Å². The first-order chi connectivity index (χ1) is 14.6. The molecule has 7 nitrogen and oxygen atoms in total. The molecule has 1 aliphatic rings. The predicted octanol–water partition coefficient (Wildman–Crippen LogP) is 3.05. The summed E-state index contributed by atoms with van der Waals surface area (Å²) >= 11 is 0. The lowest BCUT2D eigenvalue weighted by molar-refractivity contribution is -0.128. The van der Waals surface area contributed by atoms with Crippen molar-refractivity contribution in [3.63, 3.8) is 0 Å². The number of rotatable bonds is 7. The van der Waals surface area contributed by atoms with Crippen molar-refractivity contribution in [1.29, 1.82) is 0 Å². The van der Waals surface area contributed by atoms with Gasteiger partial charge in [-0.05, 0) is 28.5 Å². The van der Waals surface area contributed by atoms with Crippen LogP contribution in [0.25, 0.3) is 10.8 Å². The fourth-order valence-corrected chi connectivity index (χ4v) is 3.30. The normalized spacial score (nSPS) is 14.5. The predicted molar refractivity (Wildman–Crippen MR) is 110 cm³/mol. The first-order valence-electron chi connectivity index (χ1n) is 9.53. The third-order valence-corrected chi connectivity index (χ3v) is 4.83. The molecule has 3 aromatic rings. The molecule has 0 bridgehead atoms. The maximum atomic E-state index is 12.5. The average molecular weight is 404 g/mol. The molecule has 3 amide bonds. The molecule has 0 aromatic heterocycles. The molecule has 0 radical (unpaired) electrons. The first-order valence-corrected chi connectivity index (χ1v) is 9.53. The van der Waals surface area contributed by atoms with Gasteiger partial charge < -0.3 is 14.8 Å². The van der Waals surface area contributed by atoms with E-state index in [0.29, 0.717) is 5.75 Å². The second-order valence-corrected chi connectivity index (χ2v) is 6.89. The summed E-state index contributed by atoms with van der Waals surface area (Å²) in [6.07, 6.45) is -0.706. The van der Waals surface area contributed by atoms with E-state index >= 15 is 0 Å². The molecule has 0 spiro atoms. The van der Waals surface area contributed by atoms with Gasteiger partial charge in [-0.25, -0.2) is 9.69 Å². The van der Waals surface area contributed by atoms with Gasteiger partial charge in [0.2, 0.25) is 0 Å². The number of nitrogens with one attached hydrogen (secondary N) is 1. The Kier molecular flexibility index (Phi) is 5.61. The lowest BCUT2D eigenvalue weighted by Crippen LogP contribution is -2.41. The number of fused-ring (bicyclic) bond motifs is 1. The summed E-state index contributed by atoms with van der Waals surface area (Å²) in [6, 6.07) is 22.0. The summed E-state index contributed by atoms with van der Waals surface area (Å²) in [7, 11) is 0. The number of carbonyl (C=O) groups is 3. The summed E-state index contributed by atoms with van der Waals surface area (Å²) in [5.74, 6) is -0.210. The first kappa shape index (κ1) is 19.4. The van der Waals surface area contributed by atoms with Crippen LogP contribution in [0.3, 0.4) is 0 Å². The Hall–Kier alpha value is -3.87. The quantitative estimate of drug-likeness (QED) is 0.654. The topological polar surface area (TPSA) is 84.9 Å². The van der Waals surface area contributed by atoms with Gasteiger partial charge in [-0.2, -0.15) is 0 Å². The van der Waals surface area contributed by atoms with Crippen molar-refractivity contribution in [2.75, 3.05) is 19.8 Å². The van der Waals surface area contributed by atoms with Crippen molar-refractivity contribution in [1.82, 2.24) is 10.2 Å². The molecule has 1 heterocycles. The van der Waals surface area contributed by atoms with Crippen LogP contribution in [0.4, 0.5) is 4.79 Å². The summed E-state index contributed by atoms with van der Waals surface area (Å²) in [5.41, 5.74) is 0.768. The zero-order valence-corrected chi connectivity index (χ0v) is 16.1. The molecule has 152 valence electrons. The van der Waals surface area contributed by atoms with Crippen molar-refractivity contribution in [2.45, 2.75) is 6.04 Å². The maximum absolute atomic E-state index is 12.5. The molecule has 1 atom stereocenters. The van der Waals surface area contributed by atoms with Crippen molar-refractivity contribution in [3.8, 4) is 5.75 Å². The van der Waals surface area contributed by atoms with Crippen LogP contribution in [0.2, 0.25) is 0 Å². The molecule has 7 heteroatoms. The van der Waals surface area contributed by atoms with E-state index in [1.807, 2.05) is 72.8 Å². The minimum atomic E-state index is -0.706. The molecule has 0 aliphatic carbocycles. The largest absolute Gasteiger partial charge is 0.484 e. The van der Waals surface area contributed by atoms with Gasteiger partial charge in [-0.3, -0.25) is 9.59 Å². The van der Waals surface area contributed by atoms with Crippen molar-refractivity contribution >= 4 is 28.7 Å². The number of amides is 3. The fraction of sp³-hybridized carbons (Fsp3) is 0.174. The van der Waals surface area contributed by atoms with Gasteiger partial charge in [-0.1, -0.05) is 60.7 Å². The number of benzene rings is 3. The zero-order valence-electron chi connectivity index (χ0n) is 16.1. The highest BCUT2D eigenvalue weighted by Gasteiger charge is 2.33. The number of hydrogen-bond donors (Lipinski definition) is 1. The van der Waals surface area contributed by atoms with E-state index in [0.717, 1.165) is 21.2 Å². The standard InChI is InChI=1S/C23H20N2O5/c26-21(14-29-19-11-10-16-6-4-5-9-18(16)12-19)24-20(17-7-2-1-3-8-17)13-25-22(27)15-30-23(25)28/h1-12,20H,13-15H2,(H,24,26). The second kappa shape index (κ2) is 8.65. The SMILES string of the molecule is O=C(COc1ccc2ccccc2c1)NC(CN1C(=O)COC1=O)c1ccccc1. The highest BCUT2D eigenvalue weighted by atomic mass is 16.6. The van der Waals surface area contributed by atoms with Crippen LogP contribution >= 0.6 is 0 Å². The van der Waals surface area contributed by atoms with E-state index in [9.17, 15) is 14.4 Å². The van der Waals surface area contributed by atoms with Gasteiger partial charge in [0.1, 0.15) is 5.75 Å². The molecular weight excluding hydrogens is 384 g/mol. The van der Waals surface area contributed by atoms with Gasteiger partial charge in [0.15, 0.2) is 13.2 Å². The lowest BCUT2D eigenvalue weighted by atomic mass is 10.1. The average Bonchev–Trinajstić information content (AvgIpc) is 3.09. The minimum Gasteiger partial charge on any atom is -0.484 e. The minimum absolute atomic E-state index is 0.0105. The number of nitrogens with zero attached hydrogens (tertiary/aromatic N) is 1. The van der Waals surface area contributed by atoms with E-state index in [4.69, 9.17) is 9.47 Å². The Labute approximate surface area is 173 Å². The van der Waals surface area contributed by atoms with Crippen LogP contribution < -0.4 is 10.1 Å². The molecule has 3 aromatic carbocycles. The van der Waals surface area contributed by atoms with Crippen LogP contribution in [0.1, 0.15) is 11.6 Å². The van der Waals surface area contributed by atoms with E-state index < -0.39 is 18.0 Å². The smallest absolute Gasteiger partial charge is 0.417 e. The van der Waals surface area contributed by atoms with Crippen LogP contribution in [0.5, 0.6) is 5.75 Å². The number of cyclic esters (lactones) is 1. The van der Waals surface area contributed by atoms with Gasteiger partial charge in [-0.15, -0.1) is 0 Å². The number of carbonyl (C=O) groups excluding carboxylic acids is 3. The second-order valence-electron chi connectivity index (χ2n) is 6.89. The van der Waals surface area contributed by atoms with E-state index in [-0.39, 0.29) is 25.7 Å². The molecular formula is C23H20N2O5. The maximum Gasteiger partial charge on any atom is 0.417 e. The van der Waals surface area contributed by atoms with Gasteiger partial charge in [0, 0.05) is 0 Å². The monoisotopic (exact) mass is 404 g/mol. The number of hydrogen-bond acceptors (Lipinski definition) is 5. The van der Waals surface area contributed by atoms with Crippen molar-refractivity contribution in [3.05, 3.63) is 78.4 Å². The molecule has 1 N–H and O–H groups in total. The Morgan fingerprint density at radius 1 is 1.00 bits per heavy atom. The fourth-order valence-electron chi connectivity index (χ4n) is 3.30. The number of ether oxygens (including phenoxy) is 2. The molecule has 0 saturated carbocycles. The van der Waals surface area contributed by atoms with Crippen LogP contribution in [0, 0.1) is 0 Å². The summed E-state index contributed by atoms with van der Waals surface area (Å²) in [4.78, 5) is 37.2. The van der Waals surface area contributed by atoms with E-state index in [1.165, 1.54) is 0 Å². The molecule has 1 unspecified atom stereocenters. The highest BCUT2D eigenvalue weighted by Crippen LogP contribution is 2.21. The van der Waals surface area contributed by atoms with Crippen LogP contribution in [-0.4, -0.2) is 42.6 Å². The zero-order chi connectivity index (χ0) is 20.9. The molecule has 4 rings (SSSR count). The molecule has 1 saturated heterocycles. The molecule has 1 aliphatic heterocycles. The molecule has 1 fully saturated rings. The summed E-state index contributed by atoms with van der Waals surface area (Å²) < 4.78 is 10.4. The highest BCUT2D eigenvalue weighted by molar-refractivity contribution is 5.97. The Bertz CT molecular complexity index is 1070. The molecule has 30 heavy (non-hydrogen) atoms. The van der Waals surface area contributed by atoms with Crippen molar-refractivity contribution < 1.29 is 23.9 Å². The Balaban J connectivity index is 1.43.